The van der Waals surface area contributed by atoms with Gasteiger partial charge in [0.05, 0.1) is 6.42 Å². The van der Waals surface area contributed by atoms with E-state index >= 15 is 0 Å². The molecule has 1 aromatic carbocycles. The Morgan fingerprint density at radius 2 is 1.75 bits per heavy atom. The minimum Gasteiger partial charge on any atom is -0.456 e. The van der Waals surface area contributed by atoms with Gasteiger partial charge in [-0.05, 0) is 30.3 Å². The lowest BCUT2D eigenvalue weighted by atomic mass is 10.3. The van der Waals surface area contributed by atoms with Crippen molar-refractivity contribution < 1.29 is 18.7 Å². The molecule has 0 radical (unpaired) electrons. The molecule has 28 heavy (non-hydrogen) atoms. The van der Waals surface area contributed by atoms with E-state index < -0.39 is 5.97 Å². The smallest absolute Gasteiger partial charge is 0.307 e. The number of carbonyl (C=O) groups is 2. The van der Waals surface area contributed by atoms with Gasteiger partial charge in [-0.25, -0.2) is 14.4 Å². The van der Waals surface area contributed by atoms with Gasteiger partial charge in [-0.2, -0.15) is 0 Å². The van der Waals surface area contributed by atoms with Gasteiger partial charge in [0.25, 0.3) is 5.91 Å². The van der Waals surface area contributed by atoms with Crippen molar-refractivity contribution in [3.8, 4) is 0 Å². The maximum atomic E-state index is 12.8. The lowest BCUT2D eigenvalue weighted by molar-refractivity contribution is -0.151. The summed E-state index contributed by atoms with van der Waals surface area (Å²) in [4.78, 5) is 37.0. The van der Waals surface area contributed by atoms with Crippen molar-refractivity contribution in [2.75, 3.05) is 43.4 Å². The Balaban J connectivity index is 1.33. The number of hydrogen-bond donors (Lipinski definition) is 0. The average Bonchev–Trinajstić information content (AvgIpc) is 2.74. The fraction of sp³-hybridized carbons (Fsp3) is 0.368. The molecule has 0 atom stereocenters. The first-order chi connectivity index (χ1) is 13.6. The number of aromatic nitrogens is 2. The number of halogens is 1. The minimum absolute atomic E-state index is 0.189. The molecule has 1 saturated heterocycles. The Bertz CT molecular complexity index is 784. The highest BCUT2D eigenvalue weighted by Gasteiger charge is 2.23. The van der Waals surface area contributed by atoms with Crippen LogP contribution in [0.5, 0.6) is 0 Å². The molecule has 7 nitrogen and oxygen atoms in total. The number of piperazine rings is 1. The number of hydrogen-bond acceptors (Lipinski definition) is 7. The van der Waals surface area contributed by atoms with Gasteiger partial charge in [0, 0.05) is 49.2 Å². The zero-order valence-corrected chi connectivity index (χ0v) is 16.1. The van der Waals surface area contributed by atoms with E-state index in [9.17, 15) is 14.0 Å². The second kappa shape index (κ2) is 10.0. The van der Waals surface area contributed by atoms with Gasteiger partial charge in [0.1, 0.15) is 5.82 Å². The van der Waals surface area contributed by atoms with E-state index in [1.54, 1.807) is 35.5 Å². The summed E-state index contributed by atoms with van der Waals surface area (Å²) in [5.74, 6) is 0.250. The zero-order chi connectivity index (χ0) is 19.8. The van der Waals surface area contributed by atoms with Crippen LogP contribution in [0.4, 0.5) is 10.3 Å². The third-order valence-corrected chi connectivity index (χ3v) is 5.23. The Hall–Kier alpha value is -2.68. The normalized spacial score (nSPS) is 14.0. The predicted molar refractivity (Wildman–Crippen MR) is 104 cm³/mol. The van der Waals surface area contributed by atoms with Crippen molar-refractivity contribution in [1.82, 2.24) is 14.9 Å². The molecule has 1 aromatic heterocycles. The van der Waals surface area contributed by atoms with Gasteiger partial charge in [-0.1, -0.05) is 0 Å². The highest BCUT2D eigenvalue weighted by Crippen LogP contribution is 2.19. The molecule has 3 rings (SSSR count). The third kappa shape index (κ3) is 5.91. The molecule has 9 heteroatoms. The molecular formula is C19H21FN4O3S. The summed E-state index contributed by atoms with van der Waals surface area (Å²) in [6, 6.07) is 7.84. The van der Waals surface area contributed by atoms with Gasteiger partial charge in [-0.3, -0.25) is 9.59 Å². The van der Waals surface area contributed by atoms with E-state index in [1.807, 2.05) is 4.90 Å². The van der Waals surface area contributed by atoms with Crippen molar-refractivity contribution in [1.29, 1.82) is 0 Å². The number of nitrogens with zero attached hydrogens (tertiary/aromatic N) is 4. The monoisotopic (exact) mass is 404 g/mol. The van der Waals surface area contributed by atoms with E-state index in [2.05, 4.69) is 9.97 Å². The first kappa shape index (κ1) is 20.1. The molecule has 1 aliphatic rings. The van der Waals surface area contributed by atoms with Crippen LogP contribution in [0.3, 0.4) is 0 Å². The van der Waals surface area contributed by atoms with Gasteiger partial charge < -0.3 is 14.5 Å². The van der Waals surface area contributed by atoms with E-state index in [4.69, 9.17) is 4.74 Å². The summed E-state index contributed by atoms with van der Waals surface area (Å²) in [6.45, 7) is 2.10. The van der Waals surface area contributed by atoms with Crippen LogP contribution >= 0.6 is 11.8 Å². The Morgan fingerprint density at radius 3 is 2.43 bits per heavy atom. The summed E-state index contributed by atoms with van der Waals surface area (Å²) in [6.07, 6.45) is 3.57. The number of thioether (sulfide) groups is 1. The standard InChI is InChI=1S/C19H21FN4O3S/c20-15-2-4-16(5-3-15)28-13-6-18(26)27-14-17(25)23-9-11-24(12-10-23)19-21-7-1-8-22-19/h1-5,7-8H,6,9-14H2. The average molecular weight is 404 g/mol. The molecular weight excluding hydrogens is 383 g/mol. The molecule has 0 N–H and O–H groups in total. The SMILES string of the molecule is O=C(CCSc1ccc(F)cc1)OCC(=O)N1CCN(c2ncccn2)CC1. The molecule has 0 aliphatic carbocycles. The van der Waals surface area contributed by atoms with Crippen LogP contribution in [0.2, 0.25) is 0 Å². The fourth-order valence-corrected chi connectivity index (χ4v) is 3.53. The van der Waals surface area contributed by atoms with Gasteiger partial charge in [0.15, 0.2) is 6.61 Å². The highest BCUT2D eigenvalue weighted by molar-refractivity contribution is 7.99. The summed E-state index contributed by atoms with van der Waals surface area (Å²) >= 11 is 1.44. The first-order valence-electron chi connectivity index (χ1n) is 8.95. The van der Waals surface area contributed by atoms with Crippen molar-refractivity contribution in [3.05, 3.63) is 48.5 Å². The minimum atomic E-state index is -0.417. The number of rotatable bonds is 7. The first-order valence-corrected chi connectivity index (χ1v) is 9.94. The molecule has 1 aliphatic heterocycles. The molecule has 2 heterocycles. The van der Waals surface area contributed by atoms with Crippen LogP contribution in [0.15, 0.2) is 47.6 Å². The van der Waals surface area contributed by atoms with Crippen LogP contribution in [-0.4, -0.2) is 65.3 Å². The van der Waals surface area contributed by atoms with Gasteiger partial charge >= 0.3 is 5.97 Å². The van der Waals surface area contributed by atoms with Crippen molar-refractivity contribution in [2.45, 2.75) is 11.3 Å². The Labute approximate surface area is 166 Å². The van der Waals surface area contributed by atoms with Crippen LogP contribution in [0, 0.1) is 5.82 Å². The molecule has 0 spiro atoms. The lowest BCUT2D eigenvalue weighted by Crippen LogP contribution is -2.50. The molecule has 0 unspecified atom stereocenters. The van der Waals surface area contributed by atoms with Crippen LogP contribution < -0.4 is 4.90 Å². The van der Waals surface area contributed by atoms with Crippen LogP contribution in [0.1, 0.15) is 6.42 Å². The molecule has 148 valence electrons. The van der Waals surface area contributed by atoms with Gasteiger partial charge in [-0.15, -0.1) is 11.8 Å². The lowest BCUT2D eigenvalue weighted by Gasteiger charge is -2.34. The summed E-state index contributed by atoms with van der Waals surface area (Å²) in [5, 5.41) is 0. The quantitative estimate of drug-likeness (QED) is 0.516. The Morgan fingerprint density at radius 1 is 1.07 bits per heavy atom. The van der Waals surface area contributed by atoms with Crippen LogP contribution in [-0.2, 0) is 14.3 Å². The van der Waals surface area contributed by atoms with Crippen molar-refractivity contribution >= 4 is 29.6 Å². The number of benzene rings is 1. The summed E-state index contributed by atoms with van der Waals surface area (Å²) in [7, 11) is 0. The van der Waals surface area contributed by atoms with E-state index in [1.165, 1.54) is 23.9 Å². The van der Waals surface area contributed by atoms with Gasteiger partial charge in [0.2, 0.25) is 5.95 Å². The second-order valence-corrected chi connectivity index (χ2v) is 7.30. The molecule has 2 aromatic rings. The van der Waals surface area contributed by atoms with E-state index in [0.29, 0.717) is 37.9 Å². The predicted octanol–water partition coefficient (Wildman–Crippen LogP) is 1.99. The summed E-state index contributed by atoms with van der Waals surface area (Å²) in [5.41, 5.74) is 0. The van der Waals surface area contributed by atoms with Crippen molar-refractivity contribution in [2.24, 2.45) is 0 Å². The molecule has 1 amide bonds. The fourth-order valence-electron chi connectivity index (χ4n) is 2.70. The maximum absolute atomic E-state index is 12.8. The molecule has 0 bridgehead atoms. The number of carbonyl (C=O) groups excluding carboxylic acids is 2. The third-order valence-electron chi connectivity index (χ3n) is 4.21. The van der Waals surface area contributed by atoms with E-state index in [0.717, 1.165) is 4.90 Å². The summed E-state index contributed by atoms with van der Waals surface area (Å²) < 4.78 is 17.9. The topological polar surface area (TPSA) is 75.6 Å². The number of ether oxygens (including phenoxy) is 1. The highest BCUT2D eigenvalue weighted by atomic mass is 32.2. The van der Waals surface area contributed by atoms with E-state index in [-0.39, 0.29) is 24.8 Å². The second-order valence-electron chi connectivity index (χ2n) is 6.13. The number of anilines is 1. The molecule has 0 saturated carbocycles. The number of esters is 1. The Kier molecular flexibility index (Phi) is 7.18. The van der Waals surface area contributed by atoms with Crippen molar-refractivity contribution in [3.63, 3.8) is 0 Å². The zero-order valence-electron chi connectivity index (χ0n) is 15.3. The number of amides is 1. The van der Waals surface area contributed by atoms with Crippen LogP contribution in [0.25, 0.3) is 0 Å². The maximum Gasteiger partial charge on any atom is 0.307 e. The largest absolute Gasteiger partial charge is 0.456 e. The molecule has 1 fully saturated rings.